The maximum absolute atomic E-state index is 13.6. The maximum atomic E-state index is 13.6. The summed E-state index contributed by atoms with van der Waals surface area (Å²) in [5, 5.41) is 53.7. The number of aliphatic carboxylic acids is 1. The van der Waals surface area contributed by atoms with Gasteiger partial charge in [-0.1, -0.05) is 13.8 Å². The topological polar surface area (TPSA) is 328 Å². The molecule has 6 atom stereocenters. The molecule has 20 heteroatoms. The van der Waals surface area contributed by atoms with Gasteiger partial charge in [0, 0.05) is 12.3 Å². The molecule has 49 heavy (non-hydrogen) atoms. The van der Waals surface area contributed by atoms with Crippen molar-refractivity contribution in [2.75, 3.05) is 19.8 Å². The lowest BCUT2D eigenvalue weighted by atomic mass is 10.0. The molecule has 1 rings (SSSR count). The molecule has 1 heterocycles. The smallest absolute Gasteiger partial charge is 0.328 e. The van der Waals surface area contributed by atoms with Crippen LogP contribution in [-0.4, -0.2) is 135 Å². The van der Waals surface area contributed by atoms with Crippen LogP contribution >= 0.6 is 0 Å². The zero-order valence-corrected chi connectivity index (χ0v) is 28.2. The highest BCUT2D eigenvalue weighted by molar-refractivity contribution is 6.02. The van der Waals surface area contributed by atoms with E-state index in [1.54, 1.807) is 13.8 Å². The molecule has 0 saturated carbocycles. The lowest BCUT2D eigenvalue weighted by molar-refractivity contribution is -0.145. The number of carbonyl (C=O) groups excluding carboxylic acids is 6. The van der Waals surface area contributed by atoms with Crippen molar-refractivity contribution in [2.24, 2.45) is 16.6 Å². The number of aliphatic hydroxyl groups excluding tert-OH is 3. The van der Waals surface area contributed by atoms with E-state index in [0.717, 1.165) is 5.01 Å². The van der Waals surface area contributed by atoms with E-state index in [-0.39, 0.29) is 25.0 Å². The third-order valence-electron chi connectivity index (χ3n) is 7.71. The number of hydrogen-bond acceptors (Lipinski definition) is 13. The van der Waals surface area contributed by atoms with Gasteiger partial charge in [0.05, 0.1) is 19.8 Å². The molecule has 1 aliphatic heterocycles. The number of nitrogens with two attached hydrogens (primary N) is 2. The first-order chi connectivity index (χ1) is 22.9. The Morgan fingerprint density at radius 3 is 2.06 bits per heavy atom. The molecule has 0 radical (unpaired) electrons. The van der Waals surface area contributed by atoms with Crippen molar-refractivity contribution in [3.63, 3.8) is 0 Å². The van der Waals surface area contributed by atoms with Gasteiger partial charge in [0.25, 0.3) is 11.8 Å². The Labute approximate surface area is 283 Å². The van der Waals surface area contributed by atoms with Crippen LogP contribution in [0.2, 0.25) is 0 Å². The van der Waals surface area contributed by atoms with Gasteiger partial charge in [-0.2, -0.15) is 5.10 Å². The van der Waals surface area contributed by atoms with E-state index in [4.69, 9.17) is 11.5 Å². The van der Waals surface area contributed by atoms with Crippen LogP contribution in [0.5, 0.6) is 0 Å². The molecule has 6 amide bonds. The van der Waals surface area contributed by atoms with E-state index in [2.05, 4.69) is 31.7 Å². The number of aliphatic hydroxyl groups is 3. The van der Waals surface area contributed by atoms with Crippen LogP contribution in [0.25, 0.3) is 0 Å². The number of carboxylic acids is 1. The maximum Gasteiger partial charge on any atom is 0.328 e. The van der Waals surface area contributed by atoms with Crippen molar-refractivity contribution in [1.82, 2.24) is 31.6 Å². The van der Waals surface area contributed by atoms with Gasteiger partial charge in [-0.25, -0.2) is 9.80 Å². The normalized spacial score (nSPS) is 18.1. The van der Waals surface area contributed by atoms with Crippen LogP contribution in [0.3, 0.4) is 0 Å². The number of hydrogen-bond donors (Lipinski definition) is 11. The first-order valence-electron chi connectivity index (χ1n) is 15.6. The molecule has 0 unspecified atom stereocenters. The summed E-state index contributed by atoms with van der Waals surface area (Å²) in [7, 11) is 0. The van der Waals surface area contributed by atoms with Gasteiger partial charge in [-0.3, -0.25) is 28.8 Å². The second-order valence-corrected chi connectivity index (χ2v) is 11.6. The van der Waals surface area contributed by atoms with Crippen LogP contribution in [0.4, 0.5) is 0 Å². The summed E-state index contributed by atoms with van der Waals surface area (Å²) in [6, 6.07) is -7.88. The highest BCUT2D eigenvalue weighted by Gasteiger charge is 2.40. The molecule has 0 aromatic rings. The Hall–Kier alpha value is -4.50. The fourth-order valence-corrected chi connectivity index (χ4v) is 4.25. The molecule has 0 aromatic carbocycles. The number of nitrogens with one attached hydrogen (secondary N) is 5. The van der Waals surface area contributed by atoms with Crippen LogP contribution in [0, 0.1) is 0 Å². The summed E-state index contributed by atoms with van der Waals surface area (Å²) in [6.45, 7) is 4.76. The standard InChI is InChI=1S/C29H49N9O11/c1-6-14(3)20(25(45)35-18(11-39)27(47)48)36-23(43)17(7-2)34-24(44)19-9-8-10-32-38(19)26(46)21(15(4)30)37-22(42)16(5)33-28(49)29(31,12-40)13-41/h10,15-19,21,39-41H,6-9,11-13,30-31H2,1-5H3,(H,33,49)(H,34,44)(H,35,45)(H,36,43)(H,37,42)(H,47,48)/b20-14-/t15-,16-,17-,18-,19-,21-/m0/s1. The van der Waals surface area contributed by atoms with E-state index >= 15 is 0 Å². The van der Waals surface area contributed by atoms with Gasteiger partial charge in [0.1, 0.15) is 35.4 Å². The number of rotatable bonds is 18. The van der Waals surface area contributed by atoms with Gasteiger partial charge in [0.15, 0.2) is 6.04 Å². The summed E-state index contributed by atoms with van der Waals surface area (Å²) in [5.74, 6) is -6.85. The number of carboxylic acid groups (broad SMARTS) is 1. The van der Waals surface area contributed by atoms with E-state index in [1.807, 2.05) is 0 Å². The van der Waals surface area contributed by atoms with E-state index < -0.39 is 103 Å². The lowest BCUT2D eigenvalue weighted by Gasteiger charge is -2.34. The summed E-state index contributed by atoms with van der Waals surface area (Å²) < 4.78 is 0. The average molecular weight is 700 g/mol. The first kappa shape index (κ1) is 42.5. The molecule has 0 aromatic heterocycles. The predicted octanol–water partition coefficient (Wildman–Crippen LogP) is -4.76. The van der Waals surface area contributed by atoms with E-state index in [9.17, 15) is 54.0 Å². The Morgan fingerprint density at radius 2 is 1.57 bits per heavy atom. The van der Waals surface area contributed by atoms with E-state index in [1.165, 1.54) is 27.0 Å². The zero-order valence-electron chi connectivity index (χ0n) is 28.2. The molecule has 0 spiro atoms. The Kier molecular flexibility index (Phi) is 16.9. The van der Waals surface area contributed by atoms with Crippen LogP contribution in [0.1, 0.15) is 60.3 Å². The molecule has 1 aliphatic rings. The van der Waals surface area contributed by atoms with Crippen molar-refractivity contribution >= 4 is 47.6 Å². The van der Waals surface area contributed by atoms with Gasteiger partial charge in [0.2, 0.25) is 23.6 Å². The Balaban J connectivity index is 3.15. The lowest BCUT2D eigenvalue weighted by Crippen LogP contribution is -2.64. The molecule has 20 nitrogen and oxygen atoms in total. The van der Waals surface area contributed by atoms with Crippen molar-refractivity contribution in [3.05, 3.63) is 11.3 Å². The summed E-state index contributed by atoms with van der Waals surface area (Å²) in [5.41, 5.74) is 9.69. The summed E-state index contributed by atoms with van der Waals surface area (Å²) >= 11 is 0. The minimum atomic E-state index is -2.07. The molecule has 0 fully saturated rings. The molecule has 0 aliphatic carbocycles. The highest BCUT2D eigenvalue weighted by Crippen LogP contribution is 2.16. The molecular formula is C29H49N9O11. The van der Waals surface area contributed by atoms with Crippen molar-refractivity contribution in [2.45, 2.75) is 102 Å². The van der Waals surface area contributed by atoms with Crippen molar-refractivity contribution < 1.29 is 54.0 Å². The highest BCUT2D eigenvalue weighted by atomic mass is 16.4. The number of hydrazone groups is 1. The minimum absolute atomic E-state index is 0.0365. The van der Waals surface area contributed by atoms with Gasteiger partial charge in [-0.05, 0) is 52.0 Å². The van der Waals surface area contributed by atoms with Gasteiger partial charge in [-0.15, -0.1) is 0 Å². The minimum Gasteiger partial charge on any atom is -0.480 e. The molecular weight excluding hydrogens is 650 g/mol. The number of allylic oxidation sites excluding steroid dienone is 1. The van der Waals surface area contributed by atoms with E-state index in [0.29, 0.717) is 12.0 Å². The van der Waals surface area contributed by atoms with Gasteiger partial charge >= 0.3 is 5.97 Å². The summed E-state index contributed by atoms with van der Waals surface area (Å²) in [4.78, 5) is 89.8. The molecule has 0 bridgehead atoms. The predicted molar refractivity (Wildman–Crippen MR) is 173 cm³/mol. The van der Waals surface area contributed by atoms with Crippen molar-refractivity contribution in [1.29, 1.82) is 0 Å². The van der Waals surface area contributed by atoms with Gasteiger partial charge < -0.3 is 58.5 Å². The SMILES string of the molecule is CC/C(C)=C(\NC(=O)[C@H](CC)NC(=O)[C@@H]1CCC=NN1C(=O)[C@@H](NC(=O)[C@H](C)NC(=O)C(N)(CO)CO)[C@H](C)N)C(=O)N[C@@H](CO)C(=O)O. The Morgan fingerprint density at radius 1 is 0.959 bits per heavy atom. The third kappa shape index (κ3) is 11.6. The zero-order chi connectivity index (χ0) is 37.6. The first-order valence-corrected chi connectivity index (χ1v) is 15.6. The fraction of sp³-hybridized carbons (Fsp3) is 0.655. The number of carbonyl (C=O) groups is 7. The summed E-state index contributed by atoms with van der Waals surface area (Å²) in [6.07, 6.45) is 2.06. The monoisotopic (exact) mass is 699 g/mol. The molecule has 0 saturated heterocycles. The van der Waals surface area contributed by atoms with Crippen molar-refractivity contribution in [3.8, 4) is 0 Å². The quantitative estimate of drug-likeness (QED) is 0.0600. The number of nitrogens with zero attached hydrogens (tertiary/aromatic N) is 2. The second-order valence-electron chi connectivity index (χ2n) is 11.6. The van der Waals surface area contributed by atoms with Crippen LogP contribution in [-0.2, 0) is 33.6 Å². The second kappa shape index (κ2) is 19.5. The largest absolute Gasteiger partial charge is 0.480 e. The van der Waals surface area contributed by atoms with Crippen LogP contribution < -0.4 is 38.1 Å². The number of amides is 6. The fourth-order valence-electron chi connectivity index (χ4n) is 4.25. The molecule has 13 N–H and O–H groups in total. The molecule has 276 valence electrons. The van der Waals surface area contributed by atoms with Crippen LogP contribution in [0.15, 0.2) is 16.4 Å². The third-order valence-corrected chi connectivity index (χ3v) is 7.71. The Bertz CT molecular complexity index is 1300. The average Bonchev–Trinajstić information content (AvgIpc) is 3.08.